The highest BCUT2D eigenvalue weighted by atomic mass is 16.4. The van der Waals surface area contributed by atoms with Gasteiger partial charge in [0.1, 0.15) is 6.04 Å². The Morgan fingerprint density at radius 3 is 2.57 bits per heavy atom. The van der Waals surface area contributed by atoms with Gasteiger partial charge < -0.3 is 14.6 Å². The Balaban J connectivity index is 1.19. The molecule has 1 amide bonds. The first kappa shape index (κ1) is 17.7. The van der Waals surface area contributed by atoms with Gasteiger partial charge in [-0.2, -0.15) is 0 Å². The van der Waals surface area contributed by atoms with Gasteiger partial charge in [-0.25, -0.2) is 0 Å². The second kappa shape index (κ2) is 6.33. The summed E-state index contributed by atoms with van der Waals surface area (Å²) in [6.45, 7) is 5.85. The van der Waals surface area contributed by atoms with Crippen LogP contribution in [0, 0.1) is 5.41 Å². The fourth-order valence-electron chi connectivity index (χ4n) is 4.70. The molecular weight excluding hydrogens is 352 g/mol. The Labute approximate surface area is 165 Å². The monoisotopic (exact) mass is 380 g/mol. The SMILES string of the molecule is C[C@@H](Nc1nnc([C@H]2C[C@]2(C)c2ccccc2)o1)C(=O)N1CCC2(CC1)CC2. The van der Waals surface area contributed by atoms with Gasteiger partial charge in [-0.15, -0.1) is 5.10 Å². The van der Waals surface area contributed by atoms with Crippen LogP contribution in [0.5, 0.6) is 0 Å². The van der Waals surface area contributed by atoms with Crippen molar-refractivity contribution in [1.29, 1.82) is 0 Å². The summed E-state index contributed by atoms with van der Waals surface area (Å²) < 4.78 is 5.87. The van der Waals surface area contributed by atoms with E-state index < -0.39 is 0 Å². The van der Waals surface area contributed by atoms with Crippen LogP contribution < -0.4 is 5.32 Å². The molecule has 6 nitrogen and oxygen atoms in total. The molecule has 1 N–H and O–H groups in total. The Morgan fingerprint density at radius 2 is 1.89 bits per heavy atom. The van der Waals surface area contributed by atoms with Crippen molar-refractivity contribution in [2.75, 3.05) is 18.4 Å². The Morgan fingerprint density at radius 1 is 1.18 bits per heavy atom. The molecule has 2 heterocycles. The maximum atomic E-state index is 12.7. The predicted octanol–water partition coefficient (Wildman–Crippen LogP) is 3.72. The molecule has 3 aliphatic rings. The zero-order valence-electron chi connectivity index (χ0n) is 16.6. The predicted molar refractivity (Wildman–Crippen MR) is 106 cm³/mol. The third kappa shape index (κ3) is 3.09. The van der Waals surface area contributed by atoms with Crippen LogP contribution in [-0.4, -0.2) is 40.1 Å². The number of carbonyl (C=O) groups is 1. The van der Waals surface area contributed by atoms with E-state index in [-0.39, 0.29) is 23.3 Å². The van der Waals surface area contributed by atoms with E-state index in [2.05, 4.69) is 46.7 Å². The zero-order chi connectivity index (χ0) is 19.4. The second-order valence-electron chi connectivity index (χ2n) is 9.18. The second-order valence-corrected chi connectivity index (χ2v) is 9.18. The maximum absolute atomic E-state index is 12.7. The molecule has 1 aromatic carbocycles. The first-order valence-electron chi connectivity index (χ1n) is 10.4. The van der Waals surface area contributed by atoms with Gasteiger partial charge in [0.05, 0.1) is 0 Å². The van der Waals surface area contributed by atoms with Gasteiger partial charge >= 0.3 is 6.01 Å². The molecule has 3 fully saturated rings. The minimum Gasteiger partial charge on any atom is -0.408 e. The minimum absolute atomic E-state index is 0.0546. The molecule has 1 aliphatic heterocycles. The largest absolute Gasteiger partial charge is 0.408 e. The van der Waals surface area contributed by atoms with Gasteiger partial charge in [-0.05, 0) is 50.0 Å². The summed E-state index contributed by atoms with van der Waals surface area (Å²) in [5.74, 6) is 1.01. The number of piperidine rings is 1. The Hall–Kier alpha value is -2.37. The fourth-order valence-corrected chi connectivity index (χ4v) is 4.70. The number of likely N-dealkylation sites (tertiary alicyclic amines) is 1. The average molecular weight is 380 g/mol. The highest BCUT2D eigenvalue weighted by Crippen LogP contribution is 2.59. The Bertz CT molecular complexity index is 866. The quantitative estimate of drug-likeness (QED) is 0.856. The summed E-state index contributed by atoms with van der Waals surface area (Å²) in [7, 11) is 0. The molecule has 3 atom stereocenters. The molecule has 148 valence electrons. The van der Waals surface area contributed by atoms with Crippen LogP contribution in [0.15, 0.2) is 34.7 Å². The van der Waals surface area contributed by atoms with E-state index in [0.29, 0.717) is 17.3 Å². The summed E-state index contributed by atoms with van der Waals surface area (Å²) in [5.41, 5.74) is 1.93. The first-order valence-corrected chi connectivity index (χ1v) is 10.4. The van der Waals surface area contributed by atoms with Crippen molar-refractivity contribution in [2.45, 2.75) is 63.3 Å². The summed E-state index contributed by atoms with van der Waals surface area (Å²) in [5, 5.41) is 11.5. The van der Waals surface area contributed by atoms with Crippen molar-refractivity contribution in [1.82, 2.24) is 15.1 Å². The number of amides is 1. The highest BCUT2D eigenvalue weighted by Gasteiger charge is 2.55. The van der Waals surface area contributed by atoms with Gasteiger partial charge in [0.25, 0.3) is 0 Å². The zero-order valence-corrected chi connectivity index (χ0v) is 16.6. The van der Waals surface area contributed by atoms with E-state index in [4.69, 9.17) is 4.42 Å². The molecule has 2 aliphatic carbocycles. The van der Waals surface area contributed by atoms with Crippen LogP contribution in [0.25, 0.3) is 0 Å². The van der Waals surface area contributed by atoms with Crippen LogP contribution in [0.1, 0.15) is 63.3 Å². The Kier molecular flexibility index (Phi) is 4.00. The summed E-state index contributed by atoms with van der Waals surface area (Å²) in [6.07, 6.45) is 5.99. The lowest BCUT2D eigenvalue weighted by Crippen LogP contribution is -2.45. The minimum atomic E-state index is -0.360. The van der Waals surface area contributed by atoms with E-state index in [0.717, 1.165) is 32.4 Å². The molecule has 1 saturated heterocycles. The van der Waals surface area contributed by atoms with Crippen molar-refractivity contribution < 1.29 is 9.21 Å². The standard InChI is InChI=1S/C22H28N4O2/c1-15(19(27)26-12-10-22(8-9-22)11-13-26)23-20-25-24-18(28-20)17-14-21(17,2)16-6-4-3-5-7-16/h3-7,15,17H,8-14H2,1-2H3,(H,23,25)/t15-,17-,21-/m1/s1. The van der Waals surface area contributed by atoms with E-state index >= 15 is 0 Å². The summed E-state index contributed by atoms with van der Waals surface area (Å²) >= 11 is 0. The molecule has 28 heavy (non-hydrogen) atoms. The smallest absolute Gasteiger partial charge is 0.316 e. The topological polar surface area (TPSA) is 71.3 Å². The van der Waals surface area contributed by atoms with Crippen molar-refractivity contribution in [2.24, 2.45) is 5.41 Å². The molecule has 2 aromatic rings. The van der Waals surface area contributed by atoms with Crippen LogP contribution in [-0.2, 0) is 10.2 Å². The van der Waals surface area contributed by atoms with Gasteiger partial charge in [0.2, 0.25) is 11.8 Å². The third-order valence-corrected chi connectivity index (χ3v) is 7.21. The molecule has 0 bridgehead atoms. The molecule has 2 saturated carbocycles. The van der Waals surface area contributed by atoms with Crippen molar-refractivity contribution in [3.63, 3.8) is 0 Å². The molecule has 1 spiro atoms. The lowest BCUT2D eigenvalue weighted by Gasteiger charge is -2.33. The van der Waals surface area contributed by atoms with Gasteiger partial charge in [-0.3, -0.25) is 4.79 Å². The average Bonchev–Trinajstić information content (AvgIpc) is 3.58. The number of hydrogen-bond donors (Lipinski definition) is 1. The van der Waals surface area contributed by atoms with Gasteiger partial charge in [0.15, 0.2) is 0 Å². The number of nitrogens with zero attached hydrogens (tertiary/aromatic N) is 3. The fraction of sp³-hybridized carbons (Fsp3) is 0.591. The molecule has 0 unspecified atom stereocenters. The van der Waals surface area contributed by atoms with Crippen molar-refractivity contribution in [3.05, 3.63) is 41.8 Å². The lowest BCUT2D eigenvalue weighted by molar-refractivity contribution is -0.133. The molecule has 5 rings (SSSR count). The van der Waals surface area contributed by atoms with E-state index in [1.54, 1.807) is 0 Å². The van der Waals surface area contributed by atoms with E-state index in [1.807, 2.05) is 17.9 Å². The molecule has 1 aromatic heterocycles. The number of aromatic nitrogens is 2. The van der Waals surface area contributed by atoms with Crippen LogP contribution in [0.2, 0.25) is 0 Å². The number of benzene rings is 1. The number of carbonyl (C=O) groups excluding carboxylic acids is 1. The van der Waals surface area contributed by atoms with Crippen molar-refractivity contribution in [3.8, 4) is 0 Å². The number of hydrogen-bond acceptors (Lipinski definition) is 5. The molecule has 6 heteroatoms. The third-order valence-electron chi connectivity index (χ3n) is 7.21. The highest BCUT2D eigenvalue weighted by molar-refractivity contribution is 5.83. The normalized spacial score (nSPS) is 28.8. The van der Waals surface area contributed by atoms with Crippen molar-refractivity contribution >= 4 is 11.9 Å². The van der Waals surface area contributed by atoms with Gasteiger partial charge in [0, 0.05) is 24.4 Å². The van der Waals surface area contributed by atoms with E-state index in [9.17, 15) is 4.79 Å². The van der Waals surface area contributed by atoms with Crippen LogP contribution >= 0.6 is 0 Å². The molecule has 0 radical (unpaired) electrons. The number of nitrogens with one attached hydrogen (secondary N) is 1. The van der Waals surface area contributed by atoms with E-state index in [1.165, 1.54) is 18.4 Å². The van der Waals surface area contributed by atoms with Crippen LogP contribution in [0.3, 0.4) is 0 Å². The maximum Gasteiger partial charge on any atom is 0.316 e. The van der Waals surface area contributed by atoms with Crippen LogP contribution in [0.4, 0.5) is 6.01 Å². The number of anilines is 1. The summed E-state index contributed by atoms with van der Waals surface area (Å²) in [6, 6.07) is 10.5. The van der Waals surface area contributed by atoms with Gasteiger partial charge in [-0.1, -0.05) is 42.4 Å². The number of rotatable bonds is 5. The summed E-state index contributed by atoms with van der Waals surface area (Å²) in [4.78, 5) is 14.7. The first-order chi connectivity index (χ1) is 13.5. The molecular formula is C22H28N4O2. The lowest BCUT2D eigenvalue weighted by atomic mass is 9.93.